The lowest BCUT2D eigenvalue weighted by Gasteiger charge is -2.45. The quantitative estimate of drug-likeness (QED) is 0.849. The van der Waals surface area contributed by atoms with E-state index in [1.54, 1.807) is 0 Å². The van der Waals surface area contributed by atoms with Gasteiger partial charge in [-0.05, 0) is 65.1 Å². The van der Waals surface area contributed by atoms with Gasteiger partial charge in [0.2, 0.25) is 0 Å². The smallest absolute Gasteiger partial charge is 0.0224 e. The summed E-state index contributed by atoms with van der Waals surface area (Å²) in [6.45, 7) is 9.43. The first-order valence-electron chi connectivity index (χ1n) is 8.46. The van der Waals surface area contributed by atoms with Crippen molar-refractivity contribution in [3.05, 3.63) is 0 Å². The Balaban J connectivity index is 1.95. The highest BCUT2D eigenvalue weighted by atomic mass is 15.2. The molecule has 3 nitrogen and oxygen atoms in total. The fourth-order valence-corrected chi connectivity index (χ4v) is 4.18. The van der Waals surface area contributed by atoms with Crippen molar-refractivity contribution < 1.29 is 0 Å². The molecular weight excluding hydrogens is 234 g/mol. The Morgan fingerprint density at radius 1 is 1.05 bits per heavy atom. The number of nitrogens with zero attached hydrogens (tertiary/aromatic N) is 2. The van der Waals surface area contributed by atoms with Gasteiger partial charge in [-0.2, -0.15) is 0 Å². The zero-order chi connectivity index (χ0) is 13.7. The number of likely N-dealkylation sites (tertiary alicyclic amines) is 2. The molecule has 2 heterocycles. The van der Waals surface area contributed by atoms with Crippen LogP contribution in [-0.2, 0) is 0 Å². The highest BCUT2D eigenvalue weighted by molar-refractivity contribution is 4.89. The van der Waals surface area contributed by atoms with Crippen LogP contribution in [0.3, 0.4) is 0 Å². The number of nitrogens with two attached hydrogens (primary N) is 1. The molecule has 2 N–H and O–H groups in total. The van der Waals surface area contributed by atoms with Crippen molar-refractivity contribution in [1.82, 2.24) is 9.80 Å². The van der Waals surface area contributed by atoms with Crippen molar-refractivity contribution in [2.45, 2.75) is 76.9 Å². The van der Waals surface area contributed by atoms with Crippen LogP contribution in [0.15, 0.2) is 0 Å². The van der Waals surface area contributed by atoms with Crippen LogP contribution >= 0.6 is 0 Å². The van der Waals surface area contributed by atoms with Crippen molar-refractivity contribution in [3.63, 3.8) is 0 Å². The predicted octanol–water partition coefficient (Wildman–Crippen LogP) is 2.45. The Bertz CT molecular complexity index is 256. The van der Waals surface area contributed by atoms with Gasteiger partial charge in [-0.1, -0.05) is 13.3 Å². The summed E-state index contributed by atoms with van der Waals surface area (Å²) in [5.74, 6) is 0. The van der Waals surface area contributed by atoms with Crippen molar-refractivity contribution in [2.24, 2.45) is 5.73 Å². The molecule has 0 spiro atoms. The Kier molecular flexibility index (Phi) is 6.11. The van der Waals surface area contributed by atoms with Crippen molar-refractivity contribution in [1.29, 1.82) is 0 Å². The molecule has 2 rings (SSSR count). The van der Waals surface area contributed by atoms with Crippen LogP contribution in [0.2, 0.25) is 0 Å². The first-order chi connectivity index (χ1) is 9.26. The van der Waals surface area contributed by atoms with E-state index in [4.69, 9.17) is 5.73 Å². The molecule has 0 saturated carbocycles. The van der Waals surface area contributed by atoms with E-state index in [2.05, 4.69) is 23.6 Å². The standard InChI is InChI=1S/C16H33N3/c1-3-10-18-11-5-8-15(9-12-18)19-14(2)6-4-7-16(19)13-17/h14-16H,3-13,17H2,1-2H3. The van der Waals surface area contributed by atoms with Gasteiger partial charge in [0.25, 0.3) is 0 Å². The van der Waals surface area contributed by atoms with Crippen molar-refractivity contribution >= 4 is 0 Å². The monoisotopic (exact) mass is 267 g/mol. The molecule has 0 radical (unpaired) electrons. The van der Waals surface area contributed by atoms with E-state index >= 15 is 0 Å². The van der Waals surface area contributed by atoms with Crippen LogP contribution in [0.25, 0.3) is 0 Å². The minimum atomic E-state index is 0.645. The molecule has 2 aliphatic rings. The number of hydrogen-bond acceptors (Lipinski definition) is 3. The number of rotatable bonds is 4. The lowest BCUT2D eigenvalue weighted by Crippen LogP contribution is -2.53. The van der Waals surface area contributed by atoms with Crippen LogP contribution in [0, 0.1) is 0 Å². The van der Waals surface area contributed by atoms with Crippen molar-refractivity contribution in [3.8, 4) is 0 Å². The van der Waals surface area contributed by atoms with Crippen LogP contribution in [0.4, 0.5) is 0 Å². The molecule has 2 aliphatic heterocycles. The summed E-state index contributed by atoms with van der Waals surface area (Å²) in [5.41, 5.74) is 6.02. The van der Waals surface area contributed by atoms with E-state index in [1.807, 2.05) is 0 Å². The first kappa shape index (κ1) is 15.3. The van der Waals surface area contributed by atoms with E-state index in [0.717, 1.165) is 18.6 Å². The lowest BCUT2D eigenvalue weighted by molar-refractivity contribution is 0.0430. The predicted molar refractivity (Wildman–Crippen MR) is 82.4 cm³/mol. The maximum absolute atomic E-state index is 6.02. The molecule has 19 heavy (non-hydrogen) atoms. The molecule has 2 fully saturated rings. The summed E-state index contributed by atoms with van der Waals surface area (Å²) in [6.07, 6.45) is 9.43. The Hall–Kier alpha value is -0.120. The normalized spacial score (nSPS) is 35.2. The summed E-state index contributed by atoms with van der Waals surface area (Å²) in [7, 11) is 0. The minimum Gasteiger partial charge on any atom is -0.329 e. The van der Waals surface area contributed by atoms with Gasteiger partial charge in [0.15, 0.2) is 0 Å². The van der Waals surface area contributed by atoms with Crippen LogP contribution < -0.4 is 5.73 Å². The molecule has 0 aromatic rings. The van der Waals surface area contributed by atoms with Gasteiger partial charge in [-0.3, -0.25) is 4.90 Å². The highest BCUT2D eigenvalue weighted by Gasteiger charge is 2.33. The summed E-state index contributed by atoms with van der Waals surface area (Å²) in [4.78, 5) is 5.45. The summed E-state index contributed by atoms with van der Waals surface area (Å²) in [5, 5.41) is 0. The molecule has 112 valence electrons. The molecule has 0 amide bonds. The maximum Gasteiger partial charge on any atom is 0.0224 e. The van der Waals surface area contributed by atoms with E-state index in [9.17, 15) is 0 Å². The zero-order valence-electron chi connectivity index (χ0n) is 13.0. The summed E-state index contributed by atoms with van der Waals surface area (Å²) < 4.78 is 0. The van der Waals surface area contributed by atoms with Gasteiger partial charge in [0.1, 0.15) is 0 Å². The largest absolute Gasteiger partial charge is 0.329 e. The third-order valence-corrected chi connectivity index (χ3v) is 5.11. The van der Waals surface area contributed by atoms with Crippen molar-refractivity contribution in [2.75, 3.05) is 26.2 Å². The van der Waals surface area contributed by atoms with Gasteiger partial charge < -0.3 is 10.6 Å². The van der Waals surface area contributed by atoms with Crippen LogP contribution in [0.1, 0.15) is 58.8 Å². The Labute approximate surface area is 119 Å². The van der Waals surface area contributed by atoms with Gasteiger partial charge in [0.05, 0.1) is 0 Å². The number of hydrogen-bond donors (Lipinski definition) is 1. The molecule has 2 saturated heterocycles. The molecule has 0 bridgehead atoms. The van der Waals surface area contributed by atoms with E-state index in [-0.39, 0.29) is 0 Å². The van der Waals surface area contributed by atoms with E-state index in [0.29, 0.717) is 6.04 Å². The molecule has 3 atom stereocenters. The first-order valence-corrected chi connectivity index (χ1v) is 8.46. The fraction of sp³-hybridized carbons (Fsp3) is 1.00. The second kappa shape index (κ2) is 7.61. The topological polar surface area (TPSA) is 32.5 Å². The third-order valence-electron chi connectivity index (χ3n) is 5.11. The van der Waals surface area contributed by atoms with Crippen LogP contribution in [-0.4, -0.2) is 54.1 Å². The highest BCUT2D eigenvalue weighted by Crippen LogP contribution is 2.29. The second-order valence-electron chi connectivity index (χ2n) is 6.54. The van der Waals surface area contributed by atoms with E-state index in [1.165, 1.54) is 64.6 Å². The molecule has 3 heteroatoms. The molecule has 0 aromatic heterocycles. The molecule has 0 aliphatic carbocycles. The summed E-state index contributed by atoms with van der Waals surface area (Å²) in [6, 6.07) is 2.17. The molecular formula is C16H33N3. The average Bonchev–Trinajstić information content (AvgIpc) is 2.64. The fourth-order valence-electron chi connectivity index (χ4n) is 4.18. The SMILES string of the molecule is CCCN1CCCC(N2C(C)CCCC2CN)CC1. The van der Waals surface area contributed by atoms with Gasteiger partial charge in [-0.15, -0.1) is 0 Å². The lowest BCUT2D eigenvalue weighted by atomic mass is 9.92. The van der Waals surface area contributed by atoms with Gasteiger partial charge in [-0.25, -0.2) is 0 Å². The van der Waals surface area contributed by atoms with Gasteiger partial charge >= 0.3 is 0 Å². The van der Waals surface area contributed by atoms with Gasteiger partial charge in [0, 0.05) is 24.7 Å². The maximum atomic E-state index is 6.02. The second-order valence-corrected chi connectivity index (χ2v) is 6.54. The molecule has 3 unspecified atom stereocenters. The van der Waals surface area contributed by atoms with E-state index < -0.39 is 0 Å². The molecule has 0 aromatic carbocycles. The average molecular weight is 267 g/mol. The number of piperidine rings is 1. The third kappa shape index (κ3) is 3.93. The minimum absolute atomic E-state index is 0.645. The Morgan fingerprint density at radius 2 is 1.89 bits per heavy atom. The summed E-state index contributed by atoms with van der Waals surface area (Å²) >= 11 is 0. The zero-order valence-corrected chi connectivity index (χ0v) is 13.0. The Morgan fingerprint density at radius 3 is 2.63 bits per heavy atom. The van der Waals surface area contributed by atoms with Crippen LogP contribution in [0.5, 0.6) is 0 Å².